The fourth-order valence-electron chi connectivity index (χ4n) is 2.97. The maximum Gasteiger partial charge on any atom is 0.130 e. The Morgan fingerprint density at radius 2 is 2.10 bits per heavy atom. The second-order valence-electron chi connectivity index (χ2n) is 5.93. The van der Waals surface area contributed by atoms with E-state index in [9.17, 15) is 0 Å². The highest BCUT2D eigenvalue weighted by molar-refractivity contribution is 5.81. The molecule has 2 aromatic rings. The summed E-state index contributed by atoms with van der Waals surface area (Å²) in [5.74, 6) is 1.91. The second kappa shape index (κ2) is 5.80. The Kier molecular flexibility index (Phi) is 3.88. The lowest BCUT2D eigenvalue weighted by Gasteiger charge is -2.30. The summed E-state index contributed by atoms with van der Waals surface area (Å²) < 4.78 is 0. The van der Waals surface area contributed by atoms with Gasteiger partial charge in [0.1, 0.15) is 5.82 Å². The third kappa shape index (κ3) is 2.78. The number of aromatic nitrogens is 1. The van der Waals surface area contributed by atoms with E-state index in [1.54, 1.807) is 0 Å². The van der Waals surface area contributed by atoms with Gasteiger partial charge in [0.2, 0.25) is 0 Å². The standard InChI is InChI=1S/C17H23N3/c1-18-17-15(12-20(2)11-13-6-5-7-13)10-14-8-3-4-9-16(14)19-17/h3-4,8-10,13H,5-7,11-12H2,1-2H3,(H,18,19). The molecule has 0 aliphatic heterocycles. The van der Waals surface area contributed by atoms with E-state index in [-0.39, 0.29) is 0 Å². The molecule has 1 N–H and O–H groups in total. The highest BCUT2D eigenvalue weighted by Crippen LogP contribution is 2.28. The van der Waals surface area contributed by atoms with Gasteiger partial charge in [0.05, 0.1) is 5.52 Å². The minimum absolute atomic E-state index is 0.909. The van der Waals surface area contributed by atoms with Crippen LogP contribution in [0.3, 0.4) is 0 Å². The number of para-hydroxylation sites is 1. The molecule has 0 bridgehead atoms. The van der Waals surface area contributed by atoms with Crippen molar-refractivity contribution in [3.8, 4) is 0 Å². The molecule has 1 aliphatic carbocycles. The van der Waals surface area contributed by atoms with Crippen molar-refractivity contribution >= 4 is 16.7 Å². The first-order valence-electron chi connectivity index (χ1n) is 7.51. The van der Waals surface area contributed by atoms with Crippen LogP contribution >= 0.6 is 0 Å². The van der Waals surface area contributed by atoms with Crippen LogP contribution in [-0.2, 0) is 6.54 Å². The minimum Gasteiger partial charge on any atom is -0.373 e. The van der Waals surface area contributed by atoms with Crippen molar-refractivity contribution < 1.29 is 0 Å². The van der Waals surface area contributed by atoms with Crippen LogP contribution in [0.5, 0.6) is 0 Å². The van der Waals surface area contributed by atoms with Crippen LogP contribution in [0.2, 0.25) is 0 Å². The predicted octanol–water partition coefficient (Wildman–Crippen LogP) is 3.51. The van der Waals surface area contributed by atoms with Crippen LogP contribution in [0.4, 0.5) is 5.82 Å². The summed E-state index contributed by atoms with van der Waals surface area (Å²) in [5, 5.41) is 4.46. The van der Waals surface area contributed by atoms with Gasteiger partial charge in [0.15, 0.2) is 0 Å². The summed E-state index contributed by atoms with van der Waals surface area (Å²) in [5.41, 5.74) is 2.34. The number of nitrogens with one attached hydrogen (secondary N) is 1. The van der Waals surface area contributed by atoms with Crippen molar-refractivity contribution in [2.45, 2.75) is 25.8 Å². The Hall–Kier alpha value is -1.61. The second-order valence-corrected chi connectivity index (χ2v) is 5.93. The van der Waals surface area contributed by atoms with Crippen LogP contribution in [0.25, 0.3) is 10.9 Å². The molecule has 0 saturated heterocycles. The van der Waals surface area contributed by atoms with E-state index in [1.165, 1.54) is 36.8 Å². The molecule has 3 rings (SSSR count). The summed E-state index contributed by atoms with van der Waals surface area (Å²) in [6, 6.07) is 10.6. The highest BCUT2D eigenvalue weighted by Gasteiger charge is 2.19. The molecule has 0 spiro atoms. The zero-order valence-electron chi connectivity index (χ0n) is 12.4. The molecular formula is C17H23N3. The van der Waals surface area contributed by atoms with Gasteiger partial charge in [0.25, 0.3) is 0 Å². The average molecular weight is 269 g/mol. The molecule has 0 unspecified atom stereocenters. The predicted molar refractivity (Wildman–Crippen MR) is 85.0 cm³/mol. The van der Waals surface area contributed by atoms with E-state index in [0.29, 0.717) is 0 Å². The third-order valence-corrected chi connectivity index (χ3v) is 4.27. The molecule has 106 valence electrons. The third-order valence-electron chi connectivity index (χ3n) is 4.27. The van der Waals surface area contributed by atoms with Crippen molar-refractivity contribution in [1.29, 1.82) is 0 Å². The lowest BCUT2D eigenvalue weighted by molar-refractivity contribution is 0.200. The Labute approximate surface area is 121 Å². The van der Waals surface area contributed by atoms with Crippen LogP contribution in [0, 0.1) is 5.92 Å². The van der Waals surface area contributed by atoms with Gasteiger partial charge < -0.3 is 10.2 Å². The van der Waals surface area contributed by atoms with Crippen LogP contribution in [0.15, 0.2) is 30.3 Å². The molecule has 1 aromatic heterocycles. The van der Waals surface area contributed by atoms with Crippen molar-refractivity contribution in [1.82, 2.24) is 9.88 Å². The molecule has 1 aliphatic rings. The lowest BCUT2D eigenvalue weighted by Crippen LogP contribution is -2.29. The maximum absolute atomic E-state index is 4.72. The van der Waals surface area contributed by atoms with Crippen molar-refractivity contribution in [2.75, 3.05) is 26.0 Å². The summed E-state index contributed by atoms with van der Waals surface area (Å²) in [7, 11) is 4.17. The molecule has 20 heavy (non-hydrogen) atoms. The van der Waals surface area contributed by atoms with E-state index in [4.69, 9.17) is 4.98 Å². The molecule has 1 fully saturated rings. The number of pyridine rings is 1. The number of anilines is 1. The number of rotatable bonds is 5. The van der Waals surface area contributed by atoms with E-state index in [2.05, 4.69) is 41.5 Å². The van der Waals surface area contributed by atoms with Crippen LogP contribution in [0.1, 0.15) is 24.8 Å². The monoisotopic (exact) mass is 269 g/mol. The van der Waals surface area contributed by atoms with Gasteiger partial charge in [-0.15, -0.1) is 0 Å². The molecule has 0 amide bonds. The summed E-state index contributed by atoms with van der Waals surface area (Å²) in [6.45, 7) is 2.17. The van der Waals surface area contributed by atoms with Gasteiger partial charge in [-0.25, -0.2) is 4.98 Å². The first-order valence-corrected chi connectivity index (χ1v) is 7.51. The van der Waals surface area contributed by atoms with Crippen LogP contribution < -0.4 is 5.32 Å². The van der Waals surface area contributed by atoms with Crippen molar-refractivity contribution in [2.24, 2.45) is 5.92 Å². The number of hydrogen-bond donors (Lipinski definition) is 1. The van der Waals surface area contributed by atoms with Gasteiger partial charge in [-0.05, 0) is 37.9 Å². The van der Waals surface area contributed by atoms with Crippen LogP contribution in [-0.4, -0.2) is 30.5 Å². The zero-order chi connectivity index (χ0) is 13.9. The Bertz CT molecular complexity index is 590. The minimum atomic E-state index is 0.909. The molecule has 3 nitrogen and oxygen atoms in total. The topological polar surface area (TPSA) is 28.2 Å². The normalized spacial score (nSPS) is 15.6. The number of nitrogens with zero attached hydrogens (tertiary/aromatic N) is 2. The number of benzene rings is 1. The summed E-state index contributed by atoms with van der Waals surface area (Å²) >= 11 is 0. The Morgan fingerprint density at radius 1 is 1.30 bits per heavy atom. The quantitative estimate of drug-likeness (QED) is 0.900. The van der Waals surface area contributed by atoms with Gasteiger partial charge in [-0.3, -0.25) is 0 Å². The number of fused-ring (bicyclic) bond motifs is 1. The first-order chi connectivity index (χ1) is 9.76. The SMILES string of the molecule is CNc1nc2ccccc2cc1CN(C)CC1CCC1. The lowest BCUT2D eigenvalue weighted by atomic mass is 9.85. The molecule has 0 radical (unpaired) electrons. The Morgan fingerprint density at radius 3 is 2.80 bits per heavy atom. The van der Waals surface area contributed by atoms with E-state index in [1.807, 2.05) is 13.1 Å². The van der Waals surface area contributed by atoms with E-state index < -0.39 is 0 Å². The molecule has 0 atom stereocenters. The van der Waals surface area contributed by atoms with Gasteiger partial charge in [0, 0.05) is 31.1 Å². The Balaban J connectivity index is 1.81. The average Bonchev–Trinajstić information content (AvgIpc) is 2.42. The fraction of sp³-hybridized carbons (Fsp3) is 0.471. The van der Waals surface area contributed by atoms with Crippen molar-refractivity contribution in [3.05, 3.63) is 35.9 Å². The van der Waals surface area contributed by atoms with Gasteiger partial charge >= 0.3 is 0 Å². The summed E-state index contributed by atoms with van der Waals surface area (Å²) in [4.78, 5) is 7.15. The van der Waals surface area contributed by atoms with Gasteiger partial charge in [-0.1, -0.05) is 24.6 Å². The molecular weight excluding hydrogens is 246 g/mol. The first kappa shape index (κ1) is 13.4. The van der Waals surface area contributed by atoms with E-state index in [0.717, 1.165) is 23.8 Å². The number of hydrogen-bond acceptors (Lipinski definition) is 3. The maximum atomic E-state index is 4.72. The highest BCUT2D eigenvalue weighted by atomic mass is 15.1. The smallest absolute Gasteiger partial charge is 0.130 e. The van der Waals surface area contributed by atoms with E-state index >= 15 is 0 Å². The fourth-order valence-corrected chi connectivity index (χ4v) is 2.97. The van der Waals surface area contributed by atoms with Crippen molar-refractivity contribution in [3.63, 3.8) is 0 Å². The molecule has 1 saturated carbocycles. The molecule has 1 aromatic carbocycles. The largest absolute Gasteiger partial charge is 0.373 e. The zero-order valence-corrected chi connectivity index (χ0v) is 12.4. The van der Waals surface area contributed by atoms with Gasteiger partial charge in [-0.2, -0.15) is 0 Å². The summed E-state index contributed by atoms with van der Waals surface area (Å²) in [6.07, 6.45) is 4.22. The molecule has 3 heteroatoms. The molecule has 1 heterocycles.